The van der Waals surface area contributed by atoms with Crippen LogP contribution in [0.1, 0.15) is 42.3 Å². The quantitative estimate of drug-likeness (QED) is 0.754. The average molecular weight is 334 g/mol. The van der Waals surface area contributed by atoms with E-state index in [1.807, 2.05) is 25.5 Å². The van der Waals surface area contributed by atoms with Crippen LogP contribution in [0, 0.1) is 20.8 Å². The van der Waals surface area contributed by atoms with Crippen molar-refractivity contribution in [2.75, 3.05) is 6.54 Å². The number of hydrogen-bond donors (Lipinski definition) is 3. The molecular weight excluding hydrogens is 308 g/mol. The first-order valence-corrected chi connectivity index (χ1v) is 8.08. The van der Waals surface area contributed by atoms with E-state index in [-0.39, 0.29) is 12.6 Å². The van der Waals surface area contributed by atoms with E-state index in [4.69, 9.17) is 4.42 Å². The Morgan fingerprint density at radius 2 is 2.04 bits per heavy atom. The van der Waals surface area contributed by atoms with E-state index in [2.05, 4.69) is 15.7 Å². The zero-order chi connectivity index (χ0) is 17.9. The van der Waals surface area contributed by atoms with Gasteiger partial charge in [-0.3, -0.25) is 4.68 Å². The molecule has 7 heteroatoms. The van der Waals surface area contributed by atoms with E-state index in [9.17, 15) is 9.90 Å². The predicted octanol–water partition coefficient (Wildman–Crippen LogP) is 2.13. The zero-order valence-corrected chi connectivity index (χ0v) is 14.9. The Morgan fingerprint density at radius 3 is 2.58 bits per heavy atom. The summed E-state index contributed by atoms with van der Waals surface area (Å²) >= 11 is 0. The summed E-state index contributed by atoms with van der Waals surface area (Å²) in [6, 6.07) is 3.14. The van der Waals surface area contributed by atoms with Crippen molar-refractivity contribution in [3.8, 4) is 0 Å². The van der Waals surface area contributed by atoms with E-state index in [0.29, 0.717) is 18.1 Å². The summed E-state index contributed by atoms with van der Waals surface area (Å²) in [5, 5.41) is 20.3. The van der Waals surface area contributed by atoms with Gasteiger partial charge in [-0.2, -0.15) is 5.10 Å². The van der Waals surface area contributed by atoms with Gasteiger partial charge in [0.15, 0.2) is 0 Å². The molecule has 0 fully saturated rings. The highest BCUT2D eigenvalue weighted by Crippen LogP contribution is 2.21. The molecule has 0 bridgehead atoms. The third-order valence-electron chi connectivity index (χ3n) is 4.12. The lowest BCUT2D eigenvalue weighted by Gasteiger charge is -2.21. The summed E-state index contributed by atoms with van der Waals surface area (Å²) in [5.41, 5.74) is 1.71. The Bertz CT molecular complexity index is 715. The number of hydrogen-bond acceptors (Lipinski definition) is 4. The third-order valence-corrected chi connectivity index (χ3v) is 4.12. The fraction of sp³-hybridized carbons (Fsp3) is 0.529. The maximum absolute atomic E-state index is 12.0. The van der Waals surface area contributed by atoms with Gasteiger partial charge in [0, 0.05) is 24.3 Å². The molecule has 3 N–H and O–H groups in total. The van der Waals surface area contributed by atoms with Gasteiger partial charge in [-0.15, -0.1) is 0 Å². The van der Waals surface area contributed by atoms with Crippen molar-refractivity contribution in [2.24, 2.45) is 0 Å². The number of amides is 2. The van der Waals surface area contributed by atoms with Crippen molar-refractivity contribution in [3.05, 3.63) is 40.6 Å². The van der Waals surface area contributed by atoms with Gasteiger partial charge in [-0.1, -0.05) is 0 Å². The summed E-state index contributed by atoms with van der Waals surface area (Å²) in [5.74, 6) is 1.14. The number of aromatic nitrogens is 2. The monoisotopic (exact) mass is 334 g/mol. The molecule has 0 aliphatic carbocycles. The van der Waals surface area contributed by atoms with E-state index in [0.717, 1.165) is 23.5 Å². The first kappa shape index (κ1) is 18.1. The summed E-state index contributed by atoms with van der Waals surface area (Å²) in [4.78, 5) is 12.0. The number of carbonyl (C=O) groups excluding carboxylic acids is 1. The van der Waals surface area contributed by atoms with Crippen molar-refractivity contribution in [2.45, 2.75) is 53.3 Å². The molecule has 2 rings (SSSR count). The molecule has 24 heavy (non-hydrogen) atoms. The lowest BCUT2D eigenvalue weighted by Crippen LogP contribution is -2.43. The molecule has 0 saturated heterocycles. The van der Waals surface area contributed by atoms with Crippen LogP contribution in [0.2, 0.25) is 0 Å². The van der Waals surface area contributed by atoms with Crippen LogP contribution >= 0.6 is 0 Å². The molecule has 0 unspecified atom stereocenters. The van der Waals surface area contributed by atoms with Gasteiger partial charge in [0.25, 0.3) is 0 Å². The van der Waals surface area contributed by atoms with Gasteiger partial charge in [0.05, 0.1) is 12.2 Å². The van der Waals surface area contributed by atoms with Crippen LogP contribution in [0.5, 0.6) is 0 Å². The lowest BCUT2D eigenvalue weighted by molar-refractivity contribution is 0.0359. The summed E-state index contributed by atoms with van der Waals surface area (Å²) in [6.07, 6.45) is 0. The van der Waals surface area contributed by atoms with Crippen molar-refractivity contribution < 1.29 is 14.3 Å². The second-order valence-corrected chi connectivity index (χ2v) is 6.19. The average Bonchev–Trinajstić information content (AvgIpc) is 3.08. The van der Waals surface area contributed by atoms with Crippen molar-refractivity contribution >= 4 is 6.03 Å². The molecule has 7 nitrogen and oxygen atoms in total. The van der Waals surface area contributed by atoms with E-state index >= 15 is 0 Å². The zero-order valence-electron chi connectivity index (χ0n) is 14.9. The molecule has 2 heterocycles. The van der Waals surface area contributed by atoms with E-state index < -0.39 is 5.60 Å². The van der Waals surface area contributed by atoms with Crippen molar-refractivity contribution in [1.29, 1.82) is 0 Å². The van der Waals surface area contributed by atoms with Crippen LogP contribution in [0.15, 0.2) is 16.5 Å². The van der Waals surface area contributed by atoms with Crippen LogP contribution in [-0.4, -0.2) is 27.5 Å². The number of aryl methyl sites for hydroxylation is 3. The minimum absolute atomic E-state index is 0.0535. The van der Waals surface area contributed by atoms with Gasteiger partial charge in [-0.05, 0) is 46.8 Å². The fourth-order valence-electron chi connectivity index (χ4n) is 2.59. The number of nitrogens with one attached hydrogen (secondary N) is 2. The highest BCUT2D eigenvalue weighted by Gasteiger charge is 2.27. The Morgan fingerprint density at radius 1 is 1.33 bits per heavy atom. The molecule has 2 aromatic rings. The fourth-order valence-corrected chi connectivity index (χ4v) is 2.59. The highest BCUT2D eigenvalue weighted by atomic mass is 16.4. The first-order valence-electron chi connectivity index (χ1n) is 8.08. The molecule has 0 spiro atoms. The van der Waals surface area contributed by atoms with Crippen molar-refractivity contribution in [3.63, 3.8) is 0 Å². The number of urea groups is 1. The smallest absolute Gasteiger partial charge is 0.315 e. The molecule has 0 aliphatic heterocycles. The Hall–Kier alpha value is -2.28. The minimum Gasteiger partial charge on any atom is -0.463 e. The van der Waals surface area contributed by atoms with Crippen LogP contribution < -0.4 is 10.6 Å². The summed E-state index contributed by atoms with van der Waals surface area (Å²) in [7, 11) is 0. The third kappa shape index (κ3) is 3.97. The van der Waals surface area contributed by atoms with Crippen molar-refractivity contribution in [1.82, 2.24) is 20.4 Å². The van der Waals surface area contributed by atoms with E-state index in [1.165, 1.54) is 0 Å². The topological polar surface area (TPSA) is 92.3 Å². The number of carbonyl (C=O) groups is 1. The molecule has 0 aromatic carbocycles. The van der Waals surface area contributed by atoms with E-state index in [1.54, 1.807) is 26.0 Å². The Kier molecular flexibility index (Phi) is 5.33. The van der Waals surface area contributed by atoms with Gasteiger partial charge in [0.1, 0.15) is 17.1 Å². The maximum atomic E-state index is 12.0. The minimum atomic E-state index is -1.26. The molecular formula is C17H26N4O3. The van der Waals surface area contributed by atoms with Crippen LogP contribution in [0.4, 0.5) is 4.79 Å². The number of rotatable bonds is 6. The molecule has 0 saturated carbocycles. The molecule has 0 aliphatic rings. The normalized spacial score (nSPS) is 13.6. The van der Waals surface area contributed by atoms with Gasteiger partial charge in [0.2, 0.25) is 0 Å². The van der Waals surface area contributed by atoms with Crippen LogP contribution in [0.25, 0.3) is 0 Å². The Balaban J connectivity index is 1.89. The molecule has 1 atom stereocenters. The first-order chi connectivity index (χ1) is 11.2. The highest BCUT2D eigenvalue weighted by molar-refractivity contribution is 5.74. The standard InChI is InChI=1S/C17H26N4O3/c1-6-21-13(4)14(12(3)20-21)9-18-16(22)19-10-17(5,23)15-8-7-11(2)24-15/h7-8,23H,6,9-10H2,1-5H3,(H2,18,19,22)/t17-/m0/s1. The SMILES string of the molecule is CCn1nc(C)c(CNC(=O)NC[C@](C)(O)c2ccc(C)o2)c1C. The summed E-state index contributed by atoms with van der Waals surface area (Å²) < 4.78 is 7.33. The maximum Gasteiger partial charge on any atom is 0.315 e. The lowest BCUT2D eigenvalue weighted by atomic mass is 10.0. The molecule has 0 radical (unpaired) electrons. The Labute approximate surface area is 142 Å². The second-order valence-electron chi connectivity index (χ2n) is 6.19. The largest absolute Gasteiger partial charge is 0.463 e. The molecule has 2 aromatic heterocycles. The predicted molar refractivity (Wildman–Crippen MR) is 90.6 cm³/mol. The number of nitrogens with zero attached hydrogens (tertiary/aromatic N) is 2. The molecule has 2 amide bonds. The number of furan rings is 1. The second kappa shape index (κ2) is 7.09. The summed E-state index contributed by atoms with van der Waals surface area (Å²) in [6.45, 7) is 10.6. The van der Waals surface area contributed by atoms with Crippen LogP contribution in [-0.2, 0) is 18.7 Å². The number of aliphatic hydroxyl groups is 1. The molecule has 132 valence electrons. The van der Waals surface area contributed by atoms with Gasteiger partial charge >= 0.3 is 6.03 Å². The van der Waals surface area contributed by atoms with Gasteiger partial charge in [-0.25, -0.2) is 4.79 Å². The van der Waals surface area contributed by atoms with Crippen LogP contribution in [0.3, 0.4) is 0 Å². The van der Waals surface area contributed by atoms with Gasteiger partial charge < -0.3 is 20.2 Å².